The third kappa shape index (κ3) is 3.91. The van der Waals surface area contributed by atoms with Crippen molar-refractivity contribution in [2.45, 2.75) is 19.9 Å². The number of nitrogens with zero attached hydrogens (tertiary/aromatic N) is 1. The van der Waals surface area contributed by atoms with Crippen LogP contribution < -0.4 is 11.1 Å². The molecular formula is C16H17N3OS. The van der Waals surface area contributed by atoms with E-state index < -0.39 is 0 Å². The highest BCUT2D eigenvalue weighted by Crippen LogP contribution is 2.19. The molecule has 1 heterocycles. The Morgan fingerprint density at radius 1 is 1.48 bits per heavy atom. The van der Waals surface area contributed by atoms with E-state index in [1.165, 1.54) is 0 Å². The normalized spacial score (nSPS) is 11.4. The first kappa shape index (κ1) is 15.2. The number of aryl methyl sites for hydroxylation is 1. The molecule has 0 saturated carbocycles. The van der Waals surface area contributed by atoms with Gasteiger partial charge in [-0.1, -0.05) is 24.0 Å². The molecule has 2 rings (SSSR count). The molecule has 0 aliphatic carbocycles. The van der Waals surface area contributed by atoms with Crippen LogP contribution in [0.15, 0.2) is 30.5 Å². The number of rotatable bonds is 3. The van der Waals surface area contributed by atoms with Crippen molar-refractivity contribution in [3.05, 3.63) is 51.5 Å². The van der Waals surface area contributed by atoms with Crippen LogP contribution >= 0.6 is 11.3 Å². The Bertz CT molecular complexity index is 697. The number of carbonyl (C=O) groups is 1. The van der Waals surface area contributed by atoms with Crippen molar-refractivity contribution in [1.82, 2.24) is 10.3 Å². The van der Waals surface area contributed by atoms with Gasteiger partial charge in [0, 0.05) is 16.6 Å². The summed E-state index contributed by atoms with van der Waals surface area (Å²) in [6.07, 6.45) is 1.81. The average molecular weight is 299 g/mol. The summed E-state index contributed by atoms with van der Waals surface area (Å²) >= 11 is 1.58. The van der Waals surface area contributed by atoms with E-state index in [2.05, 4.69) is 22.1 Å². The quantitative estimate of drug-likeness (QED) is 0.854. The minimum absolute atomic E-state index is 0.133. The smallest absolute Gasteiger partial charge is 0.253 e. The molecule has 0 bridgehead atoms. The highest BCUT2D eigenvalue weighted by atomic mass is 32.1. The lowest BCUT2D eigenvalue weighted by Crippen LogP contribution is -2.27. The maximum absolute atomic E-state index is 12.4. The van der Waals surface area contributed by atoms with Gasteiger partial charge in [-0.15, -0.1) is 11.3 Å². The van der Waals surface area contributed by atoms with Gasteiger partial charge in [-0.3, -0.25) is 4.79 Å². The number of benzene rings is 1. The van der Waals surface area contributed by atoms with E-state index in [0.29, 0.717) is 11.1 Å². The molecule has 1 aromatic heterocycles. The van der Waals surface area contributed by atoms with Crippen molar-refractivity contribution in [2.75, 3.05) is 6.54 Å². The van der Waals surface area contributed by atoms with Gasteiger partial charge in [0.15, 0.2) is 0 Å². The number of hydrogen-bond acceptors (Lipinski definition) is 4. The van der Waals surface area contributed by atoms with Gasteiger partial charge >= 0.3 is 0 Å². The van der Waals surface area contributed by atoms with Crippen molar-refractivity contribution in [1.29, 1.82) is 0 Å². The van der Waals surface area contributed by atoms with Gasteiger partial charge < -0.3 is 11.1 Å². The Labute approximate surface area is 128 Å². The lowest BCUT2D eigenvalue weighted by Gasteiger charge is -2.12. The molecule has 0 aliphatic heterocycles. The molecule has 1 aromatic carbocycles. The maximum atomic E-state index is 12.4. The first-order chi connectivity index (χ1) is 10.1. The van der Waals surface area contributed by atoms with E-state index in [9.17, 15) is 4.79 Å². The summed E-state index contributed by atoms with van der Waals surface area (Å²) in [5, 5.41) is 3.85. The number of aromatic nitrogens is 1. The fraction of sp³-hybridized carbons (Fsp3) is 0.250. The van der Waals surface area contributed by atoms with E-state index in [1.807, 2.05) is 38.2 Å². The molecule has 0 radical (unpaired) electrons. The zero-order valence-electron chi connectivity index (χ0n) is 12.0. The standard InChI is InChI=1S/C16H17N3OS/c1-11-10-18-16(21-11)12(2)19-15(20)14-8-4-3-6-13(14)7-5-9-17/h3-4,6,8,10,12H,9,17H2,1-2H3,(H,19,20). The van der Waals surface area contributed by atoms with Crippen molar-refractivity contribution < 1.29 is 4.79 Å². The largest absolute Gasteiger partial charge is 0.343 e. The number of hydrogen-bond donors (Lipinski definition) is 2. The second-order valence-electron chi connectivity index (χ2n) is 4.56. The van der Waals surface area contributed by atoms with Crippen LogP contribution in [-0.4, -0.2) is 17.4 Å². The van der Waals surface area contributed by atoms with Crippen LogP contribution in [-0.2, 0) is 0 Å². The molecule has 0 saturated heterocycles. The van der Waals surface area contributed by atoms with E-state index >= 15 is 0 Å². The molecule has 0 fully saturated rings. The molecule has 21 heavy (non-hydrogen) atoms. The van der Waals surface area contributed by atoms with E-state index in [-0.39, 0.29) is 18.5 Å². The minimum atomic E-state index is -0.155. The molecule has 4 nitrogen and oxygen atoms in total. The first-order valence-electron chi connectivity index (χ1n) is 6.63. The van der Waals surface area contributed by atoms with Crippen molar-refractivity contribution in [2.24, 2.45) is 5.73 Å². The number of nitrogens with two attached hydrogens (primary N) is 1. The molecular weight excluding hydrogens is 282 g/mol. The fourth-order valence-corrected chi connectivity index (χ4v) is 2.62. The topological polar surface area (TPSA) is 68.0 Å². The highest BCUT2D eigenvalue weighted by molar-refractivity contribution is 7.11. The van der Waals surface area contributed by atoms with Crippen LogP contribution in [0.5, 0.6) is 0 Å². The maximum Gasteiger partial charge on any atom is 0.253 e. The number of thiazole rings is 1. The van der Waals surface area contributed by atoms with E-state index in [4.69, 9.17) is 5.73 Å². The third-order valence-electron chi connectivity index (χ3n) is 2.85. The molecule has 3 N–H and O–H groups in total. The van der Waals surface area contributed by atoms with Gasteiger partial charge in [0.25, 0.3) is 5.91 Å². The van der Waals surface area contributed by atoms with Gasteiger partial charge in [0.2, 0.25) is 0 Å². The summed E-state index contributed by atoms with van der Waals surface area (Å²) < 4.78 is 0. The molecule has 108 valence electrons. The van der Waals surface area contributed by atoms with Gasteiger partial charge in [-0.25, -0.2) is 4.98 Å². The zero-order valence-corrected chi connectivity index (χ0v) is 12.8. The number of amides is 1. The number of nitrogens with one attached hydrogen (secondary N) is 1. The summed E-state index contributed by atoms with van der Waals surface area (Å²) in [6, 6.07) is 7.11. The Morgan fingerprint density at radius 2 is 2.24 bits per heavy atom. The zero-order chi connectivity index (χ0) is 15.2. The Kier molecular flexibility index (Phi) is 5.09. The average Bonchev–Trinajstić information content (AvgIpc) is 2.92. The Balaban J connectivity index is 2.17. The molecule has 2 aromatic rings. The van der Waals surface area contributed by atoms with E-state index in [0.717, 1.165) is 9.88 Å². The third-order valence-corrected chi connectivity index (χ3v) is 3.95. The second kappa shape index (κ2) is 7.02. The number of carbonyl (C=O) groups excluding carboxylic acids is 1. The van der Waals surface area contributed by atoms with Crippen LogP contribution in [0.4, 0.5) is 0 Å². The lowest BCUT2D eigenvalue weighted by atomic mass is 10.1. The van der Waals surface area contributed by atoms with E-state index in [1.54, 1.807) is 17.4 Å². The molecule has 1 unspecified atom stereocenters. The predicted octanol–water partition coefficient (Wildman–Crippen LogP) is 2.25. The van der Waals surface area contributed by atoms with Crippen LogP contribution in [0.25, 0.3) is 0 Å². The van der Waals surface area contributed by atoms with Crippen molar-refractivity contribution in [3.63, 3.8) is 0 Å². The van der Waals surface area contributed by atoms with Gasteiger partial charge in [-0.2, -0.15) is 0 Å². The monoisotopic (exact) mass is 299 g/mol. The van der Waals surface area contributed by atoms with Crippen molar-refractivity contribution in [3.8, 4) is 11.8 Å². The highest BCUT2D eigenvalue weighted by Gasteiger charge is 2.15. The summed E-state index contributed by atoms with van der Waals surface area (Å²) in [7, 11) is 0. The van der Waals surface area contributed by atoms with Gasteiger partial charge in [0.1, 0.15) is 5.01 Å². The summed E-state index contributed by atoms with van der Waals surface area (Å²) in [6.45, 7) is 4.18. The summed E-state index contributed by atoms with van der Waals surface area (Å²) in [5.74, 6) is 5.54. The van der Waals surface area contributed by atoms with Gasteiger partial charge in [-0.05, 0) is 26.0 Å². The molecule has 0 aliphatic rings. The Hall–Kier alpha value is -2.16. The predicted molar refractivity (Wildman–Crippen MR) is 85.1 cm³/mol. The molecule has 5 heteroatoms. The summed E-state index contributed by atoms with van der Waals surface area (Å²) in [4.78, 5) is 17.8. The first-order valence-corrected chi connectivity index (χ1v) is 7.44. The van der Waals surface area contributed by atoms with Crippen LogP contribution in [0.2, 0.25) is 0 Å². The molecule has 0 spiro atoms. The lowest BCUT2D eigenvalue weighted by molar-refractivity contribution is 0.0939. The minimum Gasteiger partial charge on any atom is -0.343 e. The summed E-state index contributed by atoms with van der Waals surface area (Å²) in [5.41, 5.74) is 6.62. The second-order valence-corrected chi connectivity index (χ2v) is 5.82. The van der Waals surface area contributed by atoms with Crippen molar-refractivity contribution >= 4 is 17.2 Å². The molecule has 1 atom stereocenters. The Morgan fingerprint density at radius 3 is 2.90 bits per heavy atom. The van der Waals surface area contributed by atoms with Crippen LogP contribution in [0.1, 0.15) is 38.8 Å². The van der Waals surface area contributed by atoms with Gasteiger partial charge in [0.05, 0.1) is 18.2 Å². The van der Waals surface area contributed by atoms with Crippen LogP contribution in [0, 0.1) is 18.8 Å². The fourth-order valence-electron chi connectivity index (χ4n) is 1.84. The molecule has 1 amide bonds. The SMILES string of the molecule is Cc1cnc(C(C)NC(=O)c2ccccc2C#CCN)s1. The van der Waals surface area contributed by atoms with Crippen LogP contribution in [0.3, 0.4) is 0 Å².